The van der Waals surface area contributed by atoms with Crippen LogP contribution in [-0.2, 0) is 14.3 Å². The lowest BCUT2D eigenvalue weighted by molar-refractivity contribution is 0.375. The van der Waals surface area contributed by atoms with E-state index in [1.807, 2.05) is 0 Å². The van der Waals surface area contributed by atoms with Gasteiger partial charge in [0.25, 0.3) is 0 Å². The predicted molar refractivity (Wildman–Crippen MR) is 81.6 cm³/mol. The maximum absolute atomic E-state index is 13.2. The Kier molecular flexibility index (Phi) is 5.00. The van der Waals surface area contributed by atoms with Gasteiger partial charge in [-0.05, 0) is 31.2 Å². The highest BCUT2D eigenvalue weighted by atomic mass is 32.2. The van der Waals surface area contributed by atoms with E-state index in [0.717, 1.165) is 5.56 Å². The molecule has 2 rings (SSSR count). The zero-order valence-corrected chi connectivity index (χ0v) is 13.2. The van der Waals surface area contributed by atoms with Gasteiger partial charge in [-0.25, -0.2) is 0 Å². The molecule has 0 spiro atoms. The summed E-state index contributed by atoms with van der Waals surface area (Å²) in [4.78, 5) is -0.211. The first-order chi connectivity index (χ1) is 10.8. The average Bonchev–Trinajstić information content (AvgIpc) is 2.53. The van der Waals surface area contributed by atoms with E-state index in [1.54, 1.807) is 25.1 Å². The maximum atomic E-state index is 13.2. The lowest BCUT2D eigenvalue weighted by Gasteiger charge is -2.12. The van der Waals surface area contributed by atoms with Crippen LogP contribution in [0.25, 0.3) is 5.76 Å². The van der Waals surface area contributed by atoms with Crippen molar-refractivity contribution >= 4 is 15.9 Å². The van der Waals surface area contributed by atoms with Gasteiger partial charge in [-0.15, -0.1) is 0 Å². The molecule has 0 saturated carbocycles. The molecule has 122 valence electrons. The molecule has 2 aromatic rings. The standard InChI is InChI=1S/C16H14F2O4S/c1-11-7-9-12(10-8-11)23(19,20)22-15(16(17)18)13-5-3-4-6-14(13)21-2/h3-10H,1-2H3. The summed E-state index contributed by atoms with van der Waals surface area (Å²) >= 11 is 0. The Labute approximate surface area is 133 Å². The summed E-state index contributed by atoms with van der Waals surface area (Å²) < 4.78 is 60.5. The molecule has 4 nitrogen and oxygen atoms in total. The third kappa shape index (κ3) is 3.87. The van der Waals surface area contributed by atoms with Crippen molar-refractivity contribution in [3.05, 3.63) is 65.7 Å². The molecule has 0 saturated heterocycles. The van der Waals surface area contributed by atoms with Crippen LogP contribution in [-0.4, -0.2) is 15.5 Å². The summed E-state index contributed by atoms with van der Waals surface area (Å²) in [5.74, 6) is -0.975. The first-order valence-corrected chi connectivity index (χ1v) is 7.96. The number of rotatable bonds is 5. The lowest BCUT2D eigenvalue weighted by Crippen LogP contribution is -2.07. The maximum Gasteiger partial charge on any atom is 0.339 e. The van der Waals surface area contributed by atoms with Crippen LogP contribution in [0.3, 0.4) is 0 Å². The Bertz CT molecular complexity index is 823. The van der Waals surface area contributed by atoms with E-state index >= 15 is 0 Å². The van der Waals surface area contributed by atoms with Crippen molar-refractivity contribution in [3.63, 3.8) is 0 Å². The molecule has 0 unspecified atom stereocenters. The molecule has 0 aliphatic carbocycles. The van der Waals surface area contributed by atoms with Gasteiger partial charge >= 0.3 is 16.2 Å². The molecule has 2 aromatic carbocycles. The number of hydrogen-bond donors (Lipinski definition) is 0. The second-order valence-corrected chi connectivity index (χ2v) is 6.19. The fraction of sp³-hybridized carbons (Fsp3) is 0.125. The summed E-state index contributed by atoms with van der Waals surface area (Å²) in [6, 6.07) is 11.5. The van der Waals surface area contributed by atoms with Crippen molar-refractivity contribution in [2.24, 2.45) is 0 Å². The first-order valence-electron chi connectivity index (χ1n) is 6.55. The number of halogens is 2. The molecule has 0 heterocycles. The van der Waals surface area contributed by atoms with Crippen LogP contribution in [0.5, 0.6) is 5.75 Å². The average molecular weight is 340 g/mol. The van der Waals surface area contributed by atoms with E-state index in [1.165, 1.54) is 37.4 Å². The molecule has 0 atom stereocenters. The predicted octanol–water partition coefficient (Wildman–Crippen LogP) is 3.97. The van der Waals surface area contributed by atoms with Crippen LogP contribution >= 0.6 is 0 Å². The Hall–Kier alpha value is -2.41. The molecule has 0 aliphatic rings. The van der Waals surface area contributed by atoms with Crippen molar-refractivity contribution in [2.75, 3.05) is 7.11 Å². The molecular formula is C16H14F2O4S. The highest BCUT2D eigenvalue weighted by molar-refractivity contribution is 7.87. The van der Waals surface area contributed by atoms with Crippen molar-refractivity contribution in [1.29, 1.82) is 0 Å². The van der Waals surface area contributed by atoms with E-state index in [2.05, 4.69) is 4.18 Å². The van der Waals surface area contributed by atoms with Crippen LogP contribution in [0, 0.1) is 6.92 Å². The zero-order valence-electron chi connectivity index (χ0n) is 12.4. The molecular weight excluding hydrogens is 326 g/mol. The van der Waals surface area contributed by atoms with E-state index in [9.17, 15) is 17.2 Å². The lowest BCUT2D eigenvalue weighted by atomic mass is 10.2. The number of benzene rings is 2. The molecule has 23 heavy (non-hydrogen) atoms. The van der Waals surface area contributed by atoms with Crippen molar-refractivity contribution in [3.8, 4) is 5.75 Å². The quantitative estimate of drug-likeness (QED) is 0.610. The highest BCUT2D eigenvalue weighted by Crippen LogP contribution is 2.32. The van der Waals surface area contributed by atoms with Crippen LogP contribution in [0.2, 0.25) is 0 Å². The van der Waals surface area contributed by atoms with Gasteiger partial charge in [0.15, 0.2) is 0 Å². The summed E-state index contributed by atoms with van der Waals surface area (Å²) in [7, 11) is -3.10. The number of aryl methyl sites for hydroxylation is 1. The third-order valence-corrected chi connectivity index (χ3v) is 4.26. The summed E-state index contributed by atoms with van der Waals surface area (Å²) in [6.45, 7) is 1.78. The number of para-hydroxylation sites is 1. The summed E-state index contributed by atoms with van der Waals surface area (Å²) in [6.07, 6.45) is -2.26. The molecule has 0 N–H and O–H groups in total. The molecule has 0 amide bonds. The van der Waals surface area contributed by atoms with Gasteiger partial charge in [-0.1, -0.05) is 29.8 Å². The minimum absolute atomic E-state index is 0.0782. The van der Waals surface area contributed by atoms with Crippen molar-refractivity contribution < 1.29 is 26.1 Å². The van der Waals surface area contributed by atoms with Gasteiger partial charge in [0.2, 0.25) is 5.76 Å². The molecule has 0 radical (unpaired) electrons. The van der Waals surface area contributed by atoms with Gasteiger partial charge in [-0.3, -0.25) is 0 Å². The second kappa shape index (κ2) is 6.78. The normalized spacial score (nSPS) is 11.0. The molecule has 0 bridgehead atoms. The number of hydrogen-bond acceptors (Lipinski definition) is 4. The monoisotopic (exact) mass is 340 g/mol. The third-order valence-electron chi connectivity index (χ3n) is 3.03. The fourth-order valence-corrected chi connectivity index (χ4v) is 2.81. The molecule has 0 fully saturated rings. The van der Waals surface area contributed by atoms with Crippen LogP contribution < -0.4 is 4.74 Å². The first kappa shape index (κ1) is 17.0. The topological polar surface area (TPSA) is 52.6 Å². The van der Waals surface area contributed by atoms with Crippen molar-refractivity contribution in [2.45, 2.75) is 11.8 Å². The van der Waals surface area contributed by atoms with Gasteiger partial charge < -0.3 is 8.92 Å². The fourth-order valence-electron chi connectivity index (χ4n) is 1.87. The van der Waals surface area contributed by atoms with E-state index < -0.39 is 22.0 Å². The Balaban J connectivity index is 2.45. The molecule has 0 aliphatic heterocycles. The minimum atomic E-state index is -4.39. The van der Waals surface area contributed by atoms with Crippen molar-refractivity contribution in [1.82, 2.24) is 0 Å². The zero-order chi connectivity index (χ0) is 17.0. The highest BCUT2D eigenvalue weighted by Gasteiger charge is 2.24. The Morgan fingerprint density at radius 1 is 1.00 bits per heavy atom. The van der Waals surface area contributed by atoms with E-state index in [4.69, 9.17) is 4.74 Å². The molecule has 0 aromatic heterocycles. The minimum Gasteiger partial charge on any atom is -0.496 e. The van der Waals surface area contributed by atoms with Gasteiger partial charge in [0, 0.05) is 0 Å². The van der Waals surface area contributed by atoms with E-state index in [-0.39, 0.29) is 16.2 Å². The smallest absolute Gasteiger partial charge is 0.339 e. The summed E-state index contributed by atoms with van der Waals surface area (Å²) in [5.41, 5.74) is 0.687. The summed E-state index contributed by atoms with van der Waals surface area (Å²) in [5, 5.41) is 0. The number of methoxy groups -OCH3 is 1. The number of ether oxygens (including phenoxy) is 1. The van der Waals surface area contributed by atoms with Gasteiger partial charge in [-0.2, -0.15) is 17.2 Å². The van der Waals surface area contributed by atoms with Gasteiger partial charge in [0.1, 0.15) is 10.6 Å². The largest absolute Gasteiger partial charge is 0.496 e. The molecule has 7 heteroatoms. The SMILES string of the molecule is COc1ccccc1C(OS(=O)(=O)c1ccc(C)cc1)=C(F)F. The van der Waals surface area contributed by atoms with Crippen LogP contribution in [0.4, 0.5) is 8.78 Å². The Morgan fingerprint density at radius 3 is 2.17 bits per heavy atom. The Morgan fingerprint density at radius 2 is 1.61 bits per heavy atom. The van der Waals surface area contributed by atoms with Gasteiger partial charge in [0.05, 0.1) is 12.7 Å². The van der Waals surface area contributed by atoms with E-state index in [0.29, 0.717) is 0 Å². The van der Waals surface area contributed by atoms with Crippen LogP contribution in [0.1, 0.15) is 11.1 Å². The second-order valence-electron chi connectivity index (χ2n) is 4.64. The van der Waals surface area contributed by atoms with Crippen LogP contribution in [0.15, 0.2) is 59.5 Å².